The van der Waals surface area contributed by atoms with Crippen LogP contribution >= 0.6 is 0 Å². The highest BCUT2D eigenvalue weighted by Gasteiger charge is 2.32. The molecule has 1 saturated heterocycles. The third-order valence-electron chi connectivity index (χ3n) is 5.66. The van der Waals surface area contributed by atoms with E-state index in [-0.39, 0.29) is 18.5 Å². The van der Waals surface area contributed by atoms with Crippen molar-refractivity contribution in [1.82, 2.24) is 19.4 Å². The number of hydrogen-bond donors (Lipinski definition) is 1. The van der Waals surface area contributed by atoms with Crippen molar-refractivity contribution in [3.05, 3.63) is 53.6 Å². The van der Waals surface area contributed by atoms with Crippen molar-refractivity contribution in [2.24, 2.45) is 0 Å². The number of carboxylic acids is 1. The Morgan fingerprint density at radius 2 is 1.96 bits per heavy atom. The number of carboxylic acid groups (broad SMARTS) is 1. The number of fused-ring (bicyclic) bond motifs is 2. The quantitative estimate of drug-likeness (QED) is 0.901. The van der Waals surface area contributed by atoms with Gasteiger partial charge in [0.15, 0.2) is 5.82 Å². The topological polar surface area (TPSA) is 61.6 Å². The largest absolute Gasteiger partial charge is 0.481 e. The van der Waals surface area contributed by atoms with E-state index >= 15 is 0 Å². The van der Waals surface area contributed by atoms with Crippen LogP contribution in [0.5, 0.6) is 0 Å². The molecule has 0 amide bonds. The Balaban J connectivity index is 1.63. The smallest absolute Gasteiger partial charge is 0.304 e. The van der Waals surface area contributed by atoms with Gasteiger partial charge in [-0.3, -0.25) is 9.69 Å². The number of aromatic nitrogens is 2. The maximum Gasteiger partial charge on any atom is 0.304 e. The van der Waals surface area contributed by atoms with Gasteiger partial charge in [0.2, 0.25) is 0 Å². The molecule has 0 aliphatic carbocycles. The molecule has 2 aromatic rings. The minimum absolute atomic E-state index is 0.190. The van der Waals surface area contributed by atoms with Crippen LogP contribution in [0.15, 0.2) is 36.7 Å². The molecule has 0 unspecified atom stereocenters. The van der Waals surface area contributed by atoms with Gasteiger partial charge in [-0.1, -0.05) is 24.3 Å². The van der Waals surface area contributed by atoms with E-state index in [4.69, 9.17) is 5.11 Å². The van der Waals surface area contributed by atoms with E-state index in [1.54, 1.807) is 0 Å². The van der Waals surface area contributed by atoms with E-state index in [2.05, 4.69) is 63.5 Å². The summed E-state index contributed by atoms with van der Waals surface area (Å²) in [7, 11) is 0. The Morgan fingerprint density at radius 1 is 1.22 bits per heavy atom. The Morgan fingerprint density at radius 3 is 2.70 bits per heavy atom. The van der Waals surface area contributed by atoms with Gasteiger partial charge in [-0.25, -0.2) is 4.98 Å². The third-order valence-corrected chi connectivity index (χ3v) is 5.66. The number of imidazole rings is 1. The van der Waals surface area contributed by atoms with E-state index in [9.17, 15) is 4.79 Å². The minimum atomic E-state index is -0.734. The molecular formula is C21H26N4O2. The molecule has 4 rings (SSSR count). The molecule has 1 fully saturated rings. The highest BCUT2D eigenvalue weighted by molar-refractivity contribution is 5.80. The molecule has 1 aromatic heterocycles. The second-order valence-electron chi connectivity index (χ2n) is 7.59. The lowest BCUT2D eigenvalue weighted by atomic mass is 10.0. The molecule has 27 heavy (non-hydrogen) atoms. The van der Waals surface area contributed by atoms with Crippen molar-refractivity contribution in [2.45, 2.75) is 38.9 Å². The van der Waals surface area contributed by atoms with Crippen molar-refractivity contribution in [3.8, 4) is 0 Å². The molecule has 2 aliphatic heterocycles. The maximum absolute atomic E-state index is 11.0. The molecule has 6 nitrogen and oxygen atoms in total. The SMILES string of the molecule is C[C@@H]1CN(C2=Cc3ccccc3Cn3ccnc32)C[C@H](C)N1CCC(=O)O. The molecule has 1 N–H and O–H groups in total. The van der Waals surface area contributed by atoms with Gasteiger partial charge in [0, 0.05) is 50.7 Å². The number of aliphatic carboxylic acids is 1. The van der Waals surface area contributed by atoms with Crippen LogP contribution < -0.4 is 0 Å². The molecule has 0 spiro atoms. The van der Waals surface area contributed by atoms with E-state index < -0.39 is 5.97 Å². The average molecular weight is 366 g/mol. The lowest BCUT2D eigenvalue weighted by Gasteiger charge is -2.45. The van der Waals surface area contributed by atoms with Gasteiger partial charge in [-0.05, 0) is 31.1 Å². The molecule has 0 saturated carbocycles. The number of piperazine rings is 1. The minimum Gasteiger partial charge on any atom is -0.481 e. The van der Waals surface area contributed by atoms with Crippen molar-refractivity contribution >= 4 is 17.7 Å². The van der Waals surface area contributed by atoms with Gasteiger partial charge in [-0.2, -0.15) is 0 Å². The Labute approximate surface area is 159 Å². The van der Waals surface area contributed by atoms with Crippen molar-refractivity contribution in [3.63, 3.8) is 0 Å². The first-order valence-corrected chi connectivity index (χ1v) is 9.56. The van der Waals surface area contributed by atoms with Gasteiger partial charge in [0.05, 0.1) is 12.1 Å². The first kappa shape index (κ1) is 17.8. The maximum atomic E-state index is 11.0. The molecule has 0 radical (unpaired) electrons. The summed E-state index contributed by atoms with van der Waals surface area (Å²) in [5.41, 5.74) is 3.70. The van der Waals surface area contributed by atoms with Crippen molar-refractivity contribution in [1.29, 1.82) is 0 Å². The number of hydrogen-bond acceptors (Lipinski definition) is 4. The summed E-state index contributed by atoms with van der Waals surface area (Å²) in [6.07, 6.45) is 6.36. The molecular weight excluding hydrogens is 340 g/mol. The van der Waals surface area contributed by atoms with E-state index in [0.29, 0.717) is 6.54 Å². The van der Waals surface area contributed by atoms with Gasteiger partial charge in [0.25, 0.3) is 0 Å². The Bertz CT molecular complexity index is 861. The lowest BCUT2D eigenvalue weighted by molar-refractivity contribution is -0.137. The average Bonchev–Trinajstić information content (AvgIpc) is 3.01. The van der Waals surface area contributed by atoms with Gasteiger partial charge in [-0.15, -0.1) is 0 Å². The zero-order chi connectivity index (χ0) is 19.0. The second kappa shape index (κ2) is 7.19. The predicted octanol–water partition coefficient (Wildman–Crippen LogP) is 2.61. The summed E-state index contributed by atoms with van der Waals surface area (Å²) in [5.74, 6) is 0.270. The standard InChI is InChI=1S/C21H26N4O2/c1-15-12-24(13-16(2)25(15)9-7-20(26)27)19-11-17-5-3-4-6-18(17)14-23-10-8-22-21(19)23/h3-6,8,10-11,15-16H,7,9,12-14H2,1-2H3,(H,26,27)/t15-,16+. The number of carbonyl (C=O) groups is 1. The van der Waals surface area contributed by atoms with Crippen LogP contribution in [-0.4, -0.2) is 62.1 Å². The lowest BCUT2D eigenvalue weighted by Crippen LogP contribution is -2.56. The highest BCUT2D eigenvalue weighted by atomic mass is 16.4. The number of rotatable bonds is 4. The molecule has 3 heterocycles. The molecule has 1 aromatic carbocycles. The van der Waals surface area contributed by atoms with Crippen LogP contribution in [0.3, 0.4) is 0 Å². The van der Waals surface area contributed by atoms with Gasteiger partial charge >= 0.3 is 5.97 Å². The van der Waals surface area contributed by atoms with Gasteiger partial charge < -0.3 is 14.6 Å². The normalized spacial score (nSPS) is 22.6. The second-order valence-corrected chi connectivity index (χ2v) is 7.59. The van der Waals surface area contributed by atoms with E-state index in [1.807, 2.05) is 12.4 Å². The number of nitrogens with zero attached hydrogens (tertiary/aromatic N) is 4. The van der Waals surface area contributed by atoms with Gasteiger partial charge in [0.1, 0.15) is 0 Å². The first-order valence-electron chi connectivity index (χ1n) is 9.56. The van der Waals surface area contributed by atoms with Crippen molar-refractivity contribution < 1.29 is 9.90 Å². The van der Waals surface area contributed by atoms with Crippen molar-refractivity contribution in [2.75, 3.05) is 19.6 Å². The number of benzene rings is 1. The zero-order valence-corrected chi connectivity index (χ0v) is 15.9. The molecule has 6 heteroatoms. The first-order chi connectivity index (χ1) is 13.0. The summed E-state index contributed by atoms with van der Waals surface area (Å²) < 4.78 is 2.21. The van der Waals surface area contributed by atoms with Crippen LogP contribution in [0.25, 0.3) is 11.8 Å². The summed E-state index contributed by atoms with van der Waals surface area (Å²) in [4.78, 5) is 20.3. The van der Waals surface area contributed by atoms with Crippen LogP contribution in [0.4, 0.5) is 0 Å². The zero-order valence-electron chi connectivity index (χ0n) is 15.9. The summed E-state index contributed by atoms with van der Waals surface area (Å²) in [6.45, 7) is 7.53. The van der Waals surface area contributed by atoms with Crippen LogP contribution in [0, 0.1) is 0 Å². The molecule has 2 aliphatic rings. The predicted molar refractivity (Wildman–Crippen MR) is 105 cm³/mol. The highest BCUT2D eigenvalue weighted by Crippen LogP contribution is 2.30. The van der Waals surface area contributed by atoms with Crippen LogP contribution in [-0.2, 0) is 11.3 Å². The van der Waals surface area contributed by atoms with E-state index in [1.165, 1.54) is 11.1 Å². The Kier molecular flexibility index (Phi) is 4.74. The molecule has 0 bridgehead atoms. The fourth-order valence-corrected chi connectivity index (χ4v) is 4.34. The summed E-state index contributed by atoms with van der Waals surface area (Å²) >= 11 is 0. The summed E-state index contributed by atoms with van der Waals surface area (Å²) in [5, 5.41) is 9.03. The third kappa shape index (κ3) is 3.49. The summed E-state index contributed by atoms with van der Waals surface area (Å²) in [6, 6.07) is 9.08. The molecule has 142 valence electrons. The fourth-order valence-electron chi connectivity index (χ4n) is 4.34. The Hall–Kier alpha value is -2.60. The monoisotopic (exact) mass is 366 g/mol. The fraction of sp³-hybridized carbons (Fsp3) is 0.429. The van der Waals surface area contributed by atoms with Crippen LogP contribution in [0.1, 0.15) is 37.2 Å². The molecule has 2 atom stereocenters. The van der Waals surface area contributed by atoms with E-state index in [0.717, 1.165) is 31.2 Å². The van der Waals surface area contributed by atoms with Crippen LogP contribution in [0.2, 0.25) is 0 Å².